The van der Waals surface area contributed by atoms with Gasteiger partial charge in [-0.1, -0.05) is 24.3 Å². The van der Waals surface area contributed by atoms with Gasteiger partial charge in [0.25, 0.3) is 0 Å². The highest BCUT2D eigenvalue weighted by molar-refractivity contribution is 5.80. The molecule has 0 aliphatic heterocycles. The Bertz CT molecular complexity index is 880. The maximum absolute atomic E-state index is 11.5. The first-order valence-corrected chi connectivity index (χ1v) is 7.52. The third-order valence-electron chi connectivity index (χ3n) is 3.93. The molecule has 5 nitrogen and oxygen atoms in total. The lowest BCUT2D eigenvalue weighted by atomic mass is 10.1. The van der Waals surface area contributed by atoms with E-state index in [1.54, 1.807) is 28.8 Å². The first-order valence-electron chi connectivity index (χ1n) is 7.52. The topological polar surface area (TPSA) is 54.7 Å². The highest BCUT2D eigenvalue weighted by Gasteiger charge is 2.12. The largest absolute Gasteiger partial charge is 0.378 e. The zero-order valence-corrected chi connectivity index (χ0v) is 13.5. The van der Waals surface area contributed by atoms with E-state index in [9.17, 15) is 9.70 Å². The number of para-hydroxylation sites is 1. The van der Waals surface area contributed by atoms with Crippen LogP contribution in [0.15, 0.2) is 66.0 Å². The van der Waals surface area contributed by atoms with Gasteiger partial charge in [-0.15, -0.1) is 4.91 Å². The summed E-state index contributed by atoms with van der Waals surface area (Å²) >= 11 is 0. The maximum atomic E-state index is 11.5. The van der Waals surface area contributed by atoms with Crippen LogP contribution in [0.5, 0.6) is 0 Å². The van der Waals surface area contributed by atoms with Crippen molar-refractivity contribution in [1.82, 2.24) is 4.57 Å². The molecule has 0 saturated heterocycles. The number of rotatable bonds is 5. The number of carbonyl (C=O) groups excluding carboxylic acids is 1. The van der Waals surface area contributed by atoms with Crippen LogP contribution < -0.4 is 4.90 Å². The molecule has 0 unspecified atom stereocenters. The molecule has 0 saturated carbocycles. The van der Waals surface area contributed by atoms with E-state index in [4.69, 9.17) is 0 Å². The SMILES string of the molecule is CN(C)c1ccc(-c2cc(C=O)n(-c3ccccc3N=O)c2)cc1. The van der Waals surface area contributed by atoms with Crippen LogP contribution >= 0.6 is 0 Å². The minimum atomic E-state index is 0.297. The number of anilines is 1. The van der Waals surface area contributed by atoms with E-state index < -0.39 is 0 Å². The monoisotopic (exact) mass is 319 g/mol. The highest BCUT2D eigenvalue weighted by Crippen LogP contribution is 2.29. The van der Waals surface area contributed by atoms with Crippen molar-refractivity contribution in [1.29, 1.82) is 0 Å². The molecule has 0 radical (unpaired) electrons. The van der Waals surface area contributed by atoms with Crippen molar-refractivity contribution in [3.05, 3.63) is 71.4 Å². The lowest BCUT2D eigenvalue weighted by Gasteiger charge is -2.12. The Morgan fingerprint density at radius 2 is 1.71 bits per heavy atom. The summed E-state index contributed by atoms with van der Waals surface area (Å²) < 4.78 is 1.69. The van der Waals surface area contributed by atoms with Gasteiger partial charge in [-0.05, 0) is 41.1 Å². The van der Waals surface area contributed by atoms with Gasteiger partial charge in [-0.2, -0.15) is 0 Å². The van der Waals surface area contributed by atoms with Crippen molar-refractivity contribution >= 4 is 17.7 Å². The lowest BCUT2D eigenvalue weighted by Crippen LogP contribution is -2.07. The van der Waals surface area contributed by atoms with Gasteiger partial charge < -0.3 is 9.47 Å². The number of aromatic nitrogens is 1. The molecule has 3 rings (SSSR count). The van der Waals surface area contributed by atoms with E-state index in [2.05, 4.69) is 5.18 Å². The van der Waals surface area contributed by atoms with Crippen LogP contribution in [0.1, 0.15) is 10.5 Å². The number of hydrogen-bond donors (Lipinski definition) is 0. The predicted octanol–water partition coefficient (Wildman–Crippen LogP) is 4.42. The summed E-state index contributed by atoms with van der Waals surface area (Å²) in [5.41, 5.74) is 4.36. The first kappa shape index (κ1) is 15.7. The minimum Gasteiger partial charge on any atom is -0.378 e. The van der Waals surface area contributed by atoms with Crippen LogP contribution in [0.4, 0.5) is 11.4 Å². The fourth-order valence-corrected chi connectivity index (χ4v) is 2.63. The second kappa shape index (κ2) is 6.50. The molecule has 1 aromatic heterocycles. The molecule has 0 atom stereocenters. The fraction of sp³-hybridized carbons (Fsp3) is 0.105. The van der Waals surface area contributed by atoms with Crippen LogP contribution in [0.25, 0.3) is 16.8 Å². The first-order chi connectivity index (χ1) is 11.6. The standard InChI is InChI=1S/C19H17N3O2/c1-21(2)16-9-7-14(8-10-16)15-11-17(13-23)22(12-15)19-6-4-3-5-18(19)20-24/h3-13H,1-2H3. The summed E-state index contributed by atoms with van der Waals surface area (Å²) in [6, 6.07) is 16.8. The van der Waals surface area contributed by atoms with Crippen molar-refractivity contribution in [2.75, 3.05) is 19.0 Å². The van der Waals surface area contributed by atoms with Crippen molar-refractivity contribution in [3.8, 4) is 16.8 Å². The van der Waals surface area contributed by atoms with E-state index in [1.807, 2.05) is 55.5 Å². The van der Waals surface area contributed by atoms with E-state index in [0.29, 0.717) is 17.1 Å². The molecule has 3 aromatic rings. The van der Waals surface area contributed by atoms with Crippen LogP contribution in [-0.4, -0.2) is 24.9 Å². The molecule has 24 heavy (non-hydrogen) atoms. The van der Waals surface area contributed by atoms with Crippen LogP contribution in [-0.2, 0) is 0 Å². The van der Waals surface area contributed by atoms with E-state index in [1.165, 1.54) is 0 Å². The molecular weight excluding hydrogens is 302 g/mol. The molecular formula is C19H17N3O2. The quantitative estimate of drug-likeness (QED) is 0.516. The Kier molecular flexibility index (Phi) is 4.24. The molecule has 0 spiro atoms. The second-order valence-electron chi connectivity index (χ2n) is 5.66. The van der Waals surface area contributed by atoms with E-state index in [0.717, 1.165) is 23.1 Å². The molecule has 0 amide bonds. The summed E-state index contributed by atoms with van der Waals surface area (Å²) in [6.45, 7) is 0. The zero-order valence-electron chi connectivity index (χ0n) is 13.5. The zero-order chi connectivity index (χ0) is 17.1. The molecule has 0 fully saturated rings. The van der Waals surface area contributed by atoms with Gasteiger partial charge in [-0.25, -0.2) is 0 Å². The fourth-order valence-electron chi connectivity index (χ4n) is 2.63. The Morgan fingerprint density at radius 3 is 2.33 bits per heavy atom. The average molecular weight is 319 g/mol. The smallest absolute Gasteiger partial charge is 0.166 e. The molecule has 2 aromatic carbocycles. The van der Waals surface area contributed by atoms with E-state index in [-0.39, 0.29) is 0 Å². The Morgan fingerprint density at radius 1 is 1.00 bits per heavy atom. The number of nitroso groups, excluding NO2 is 1. The van der Waals surface area contributed by atoms with Gasteiger partial charge in [0.15, 0.2) is 6.29 Å². The number of carbonyl (C=O) groups is 1. The van der Waals surface area contributed by atoms with Gasteiger partial charge in [0.2, 0.25) is 0 Å². The number of hydrogen-bond acceptors (Lipinski definition) is 4. The molecule has 0 aliphatic carbocycles. The average Bonchev–Trinajstić information content (AvgIpc) is 3.06. The Hall–Kier alpha value is -3.21. The third-order valence-corrected chi connectivity index (χ3v) is 3.93. The van der Waals surface area contributed by atoms with Crippen molar-refractivity contribution in [2.45, 2.75) is 0 Å². The number of benzene rings is 2. The van der Waals surface area contributed by atoms with Crippen LogP contribution in [0, 0.1) is 4.91 Å². The molecule has 5 heteroatoms. The molecule has 120 valence electrons. The van der Waals surface area contributed by atoms with Crippen LogP contribution in [0.3, 0.4) is 0 Å². The van der Waals surface area contributed by atoms with Gasteiger partial charge >= 0.3 is 0 Å². The lowest BCUT2D eigenvalue weighted by molar-refractivity contribution is 0.111. The summed E-state index contributed by atoms with van der Waals surface area (Å²) in [5, 5.41) is 3.04. The number of nitrogens with zero attached hydrogens (tertiary/aromatic N) is 3. The summed E-state index contributed by atoms with van der Waals surface area (Å²) in [5.74, 6) is 0. The van der Waals surface area contributed by atoms with Gasteiger partial charge in [-0.3, -0.25) is 4.79 Å². The molecule has 0 N–H and O–H groups in total. The Labute approximate surface area is 140 Å². The summed E-state index contributed by atoms with van der Waals surface area (Å²) in [4.78, 5) is 24.5. The normalized spacial score (nSPS) is 10.4. The number of aldehydes is 1. The third kappa shape index (κ3) is 2.84. The maximum Gasteiger partial charge on any atom is 0.166 e. The van der Waals surface area contributed by atoms with Gasteiger partial charge in [0.05, 0.1) is 11.4 Å². The van der Waals surface area contributed by atoms with E-state index >= 15 is 0 Å². The van der Waals surface area contributed by atoms with Crippen molar-refractivity contribution in [3.63, 3.8) is 0 Å². The van der Waals surface area contributed by atoms with Crippen molar-refractivity contribution in [2.24, 2.45) is 5.18 Å². The highest BCUT2D eigenvalue weighted by atomic mass is 16.3. The predicted molar refractivity (Wildman–Crippen MR) is 96.4 cm³/mol. The molecule has 0 bridgehead atoms. The van der Waals surface area contributed by atoms with Crippen molar-refractivity contribution < 1.29 is 4.79 Å². The van der Waals surface area contributed by atoms with Crippen LogP contribution in [0.2, 0.25) is 0 Å². The van der Waals surface area contributed by atoms with Gasteiger partial charge in [0, 0.05) is 31.5 Å². The molecule has 1 heterocycles. The van der Waals surface area contributed by atoms with Gasteiger partial charge in [0.1, 0.15) is 5.69 Å². The Balaban J connectivity index is 2.08. The minimum absolute atomic E-state index is 0.297. The summed E-state index contributed by atoms with van der Waals surface area (Å²) in [6.07, 6.45) is 2.62. The molecule has 0 aliphatic rings. The second-order valence-corrected chi connectivity index (χ2v) is 5.66. The summed E-state index contributed by atoms with van der Waals surface area (Å²) in [7, 11) is 3.97.